The van der Waals surface area contributed by atoms with Crippen LogP contribution in [0.3, 0.4) is 0 Å². The maximum absolute atomic E-state index is 14.4. The topological polar surface area (TPSA) is 71.6 Å². The van der Waals surface area contributed by atoms with Crippen molar-refractivity contribution in [3.63, 3.8) is 0 Å². The number of alkyl halides is 3. The smallest absolute Gasteiger partial charge is 0.327 e. The van der Waals surface area contributed by atoms with Crippen molar-refractivity contribution in [1.82, 2.24) is 16.3 Å². The molecule has 0 saturated heterocycles. The van der Waals surface area contributed by atoms with E-state index in [1.165, 1.54) is 24.5 Å². The molecule has 0 fully saturated rings. The number of hydrogen-bond acceptors (Lipinski definition) is 5. The second-order valence-corrected chi connectivity index (χ2v) is 9.17. The predicted molar refractivity (Wildman–Crippen MR) is 141 cm³/mol. The standard InChI is InChI=1S/C26H19Cl3F3N3O3/c1-2-11-37-34-10-9-33-24(36)19-8-7-18(16-5-3-4-6-17(16)19)22-14-25(38-35-22,26(30,31)32)15-12-20(27)23(29)21(28)13-15/h2-10,12-14,34-35H,1,11H2,(H,33,36). The van der Waals surface area contributed by atoms with Crippen LogP contribution in [-0.4, -0.2) is 18.7 Å². The Kier molecular flexibility index (Phi) is 8.25. The zero-order chi connectivity index (χ0) is 27.5. The summed E-state index contributed by atoms with van der Waals surface area (Å²) in [6, 6.07) is 12.0. The molecule has 0 spiro atoms. The zero-order valence-electron chi connectivity index (χ0n) is 19.3. The third kappa shape index (κ3) is 5.34. The van der Waals surface area contributed by atoms with Crippen LogP contribution in [0.15, 0.2) is 79.7 Å². The molecule has 6 nitrogen and oxygen atoms in total. The van der Waals surface area contributed by atoms with Gasteiger partial charge in [-0.2, -0.15) is 13.2 Å². The third-order valence-electron chi connectivity index (χ3n) is 5.61. The molecule has 198 valence electrons. The predicted octanol–water partition coefficient (Wildman–Crippen LogP) is 7.04. The SMILES string of the molecule is C=CCONC=CNC(=O)c1ccc(C2=CC(c3cc(Cl)c(Cl)c(Cl)c3)(C(F)(F)F)ON2)c2ccccc12. The first-order valence-corrected chi connectivity index (χ1v) is 12.1. The van der Waals surface area contributed by atoms with Gasteiger partial charge in [-0.3, -0.25) is 25.4 Å². The maximum atomic E-state index is 14.4. The molecule has 1 heterocycles. The highest BCUT2D eigenvalue weighted by Gasteiger charge is 2.60. The molecule has 4 rings (SSSR count). The maximum Gasteiger partial charge on any atom is 0.428 e. The molecule has 1 atom stereocenters. The molecular weight excluding hydrogens is 566 g/mol. The van der Waals surface area contributed by atoms with E-state index in [0.717, 1.165) is 18.2 Å². The lowest BCUT2D eigenvalue weighted by atomic mass is 9.90. The summed E-state index contributed by atoms with van der Waals surface area (Å²) in [7, 11) is 0. The van der Waals surface area contributed by atoms with Gasteiger partial charge < -0.3 is 5.32 Å². The number of hydroxylamine groups is 2. The normalized spacial score (nSPS) is 17.4. The van der Waals surface area contributed by atoms with E-state index >= 15 is 0 Å². The van der Waals surface area contributed by atoms with E-state index in [-0.39, 0.29) is 32.9 Å². The monoisotopic (exact) mass is 583 g/mol. The second kappa shape index (κ2) is 11.3. The Labute approximate surface area is 230 Å². The highest BCUT2D eigenvalue weighted by atomic mass is 35.5. The van der Waals surface area contributed by atoms with Crippen LogP contribution >= 0.6 is 34.8 Å². The summed E-state index contributed by atoms with van der Waals surface area (Å²) in [5.74, 6) is -0.436. The number of benzene rings is 3. The number of amides is 1. The van der Waals surface area contributed by atoms with E-state index < -0.39 is 17.7 Å². The fourth-order valence-electron chi connectivity index (χ4n) is 3.86. The van der Waals surface area contributed by atoms with Gasteiger partial charge in [-0.25, -0.2) is 0 Å². The van der Waals surface area contributed by atoms with E-state index in [1.807, 2.05) is 0 Å². The minimum Gasteiger partial charge on any atom is -0.327 e. The number of hydrogen-bond donors (Lipinski definition) is 3. The zero-order valence-corrected chi connectivity index (χ0v) is 21.6. The fourth-order valence-corrected chi connectivity index (χ4v) is 4.46. The van der Waals surface area contributed by atoms with E-state index in [9.17, 15) is 18.0 Å². The van der Waals surface area contributed by atoms with Crippen molar-refractivity contribution in [2.45, 2.75) is 11.8 Å². The summed E-state index contributed by atoms with van der Waals surface area (Å²) in [5, 5.41) is 3.25. The van der Waals surface area contributed by atoms with Gasteiger partial charge in [0.25, 0.3) is 5.91 Å². The van der Waals surface area contributed by atoms with E-state index in [0.29, 0.717) is 21.9 Å². The summed E-state index contributed by atoms with van der Waals surface area (Å²) < 4.78 is 43.3. The van der Waals surface area contributed by atoms with Gasteiger partial charge in [0.1, 0.15) is 0 Å². The van der Waals surface area contributed by atoms with Crippen LogP contribution in [0.5, 0.6) is 0 Å². The Morgan fingerprint density at radius 1 is 1.08 bits per heavy atom. The molecule has 0 bridgehead atoms. The quantitative estimate of drug-likeness (QED) is 0.115. The van der Waals surface area contributed by atoms with Crippen LogP contribution < -0.4 is 16.3 Å². The molecule has 0 saturated carbocycles. The molecule has 1 amide bonds. The Balaban J connectivity index is 1.73. The lowest BCUT2D eigenvalue weighted by Crippen LogP contribution is -2.42. The lowest BCUT2D eigenvalue weighted by Gasteiger charge is -2.29. The Bertz CT molecular complexity index is 1440. The summed E-state index contributed by atoms with van der Waals surface area (Å²) >= 11 is 18.0. The molecule has 3 N–H and O–H groups in total. The first kappa shape index (κ1) is 27.8. The van der Waals surface area contributed by atoms with Crippen LogP contribution in [0.1, 0.15) is 21.5 Å². The Hall–Kier alpha value is -3.21. The van der Waals surface area contributed by atoms with Gasteiger partial charge in [-0.1, -0.05) is 71.2 Å². The van der Waals surface area contributed by atoms with Gasteiger partial charge >= 0.3 is 6.18 Å². The molecule has 1 aliphatic heterocycles. The molecule has 0 radical (unpaired) electrons. The van der Waals surface area contributed by atoms with E-state index in [1.54, 1.807) is 30.3 Å². The minimum atomic E-state index is -4.90. The van der Waals surface area contributed by atoms with Crippen LogP contribution in [0.2, 0.25) is 15.1 Å². The van der Waals surface area contributed by atoms with Crippen molar-refractivity contribution in [3.05, 3.63) is 111 Å². The van der Waals surface area contributed by atoms with Gasteiger partial charge in [0.15, 0.2) is 0 Å². The van der Waals surface area contributed by atoms with Crippen molar-refractivity contribution in [3.8, 4) is 0 Å². The Morgan fingerprint density at radius 2 is 1.76 bits per heavy atom. The largest absolute Gasteiger partial charge is 0.428 e. The van der Waals surface area contributed by atoms with E-state index in [2.05, 4.69) is 22.9 Å². The molecule has 3 aromatic carbocycles. The molecule has 0 aliphatic carbocycles. The number of rotatable bonds is 8. The summed E-state index contributed by atoms with van der Waals surface area (Å²) in [4.78, 5) is 23.0. The molecule has 12 heteroatoms. The van der Waals surface area contributed by atoms with Gasteiger partial charge in [0, 0.05) is 29.1 Å². The van der Waals surface area contributed by atoms with Gasteiger partial charge in [-0.15, -0.1) is 6.58 Å². The van der Waals surface area contributed by atoms with Crippen molar-refractivity contribution in [2.75, 3.05) is 6.61 Å². The van der Waals surface area contributed by atoms with Crippen LogP contribution in [0, 0.1) is 0 Å². The number of fused-ring (bicyclic) bond motifs is 1. The number of carbonyl (C=O) groups excluding carboxylic acids is 1. The lowest BCUT2D eigenvalue weighted by molar-refractivity contribution is -0.269. The van der Waals surface area contributed by atoms with Crippen molar-refractivity contribution < 1.29 is 27.6 Å². The molecule has 0 aromatic heterocycles. The van der Waals surface area contributed by atoms with E-state index in [4.69, 9.17) is 44.5 Å². The van der Waals surface area contributed by atoms with Crippen molar-refractivity contribution in [1.29, 1.82) is 0 Å². The number of halogens is 6. The fraction of sp³-hybridized carbons (Fsp3) is 0.115. The second-order valence-electron chi connectivity index (χ2n) is 7.98. The van der Waals surface area contributed by atoms with Crippen molar-refractivity contribution >= 4 is 57.2 Å². The molecule has 1 aliphatic rings. The first-order valence-electron chi connectivity index (χ1n) is 10.9. The average Bonchev–Trinajstić information content (AvgIpc) is 3.35. The number of carbonyl (C=O) groups is 1. The average molecular weight is 585 g/mol. The highest BCUT2D eigenvalue weighted by molar-refractivity contribution is 6.48. The molecular formula is C26H19Cl3F3N3O3. The Morgan fingerprint density at radius 3 is 2.42 bits per heavy atom. The summed E-state index contributed by atoms with van der Waals surface area (Å²) in [6.07, 6.45) is 0.290. The van der Waals surface area contributed by atoms with Crippen molar-refractivity contribution in [2.24, 2.45) is 0 Å². The molecule has 38 heavy (non-hydrogen) atoms. The molecule has 3 aromatic rings. The number of nitrogens with one attached hydrogen (secondary N) is 3. The third-order valence-corrected chi connectivity index (χ3v) is 6.81. The van der Waals surface area contributed by atoms with Gasteiger partial charge in [0.05, 0.1) is 27.4 Å². The summed E-state index contributed by atoms with van der Waals surface area (Å²) in [5.41, 5.74) is 2.38. The first-order chi connectivity index (χ1) is 18.1. The minimum absolute atomic E-state index is 0.0381. The summed E-state index contributed by atoms with van der Waals surface area (Å²) in [6.45, 7) is 3.78. The van der Waals surface area contributed by atoms with Crippen LogP contribution in [0.4, 0.5) is 13.2 Å². The van der Waals surface area contributed by atoms with Crippen LogP contribution in [0.25, 0.3) is 16.5 Å². The highest BCUT2D eigenvalue weighted by Crippen LogP contribution is 2.49. The van der Waals surface area contributed by atoms with Crippen LogP contribution in [-0.2, 0) is 15.3 Å². The molecule has 1 unspecified atom stereocenters. The van der Waals surface area contributed by atoms with Gasteiger partial charge in [-0.05, 0) is 35.0 Å². The van der Waals surface area contributed by atoms with Gasteiger partial charge in [0.2, 0.25) is 5.60 Å².